The molecule has 3 nitrogen and oxygen atoms in total. The normalized spacial score (nSPS) is 12.0. The van der Waals surface area contributed by atoms with E-state index in [-0.39, 0.29) is 0 Å². The molecule has 0 rings (SSSR count). The number of hydrogen-bond acceptors (Lipinski definition) is 3. The molecule has 0 saturated heterocycles. The van der Waals surface area contributed by atoms with Crippen LogP contribution in [0.25, 0.3) is 0 Å². The van der Waals surface area contributed by atoms with Crippen molar-refractivity contribution in [3.63, 3.8) is 0 Å². The van der Waals surface area contributed by atoms with Gasteiger partial charge in [-0.3, -0.25) is 5.73 Å². The van der Waals surface area contributed by atoms with E-state index in [2.05, 4.69) is 19.7 Å². The van der Waals surface area contributed by atoms with Gasteiger partial charge in [-0.05, 0) is 0 Å². The summed E-state index contributed by atoms with van der Waals surface area (Å²) in [6, 6.07) is 0. The Labute approximate surface area is 46.2 Å². The van der Waals surface area contributed by atoms with E-state index in [1.807, 2.05) is 0 Å². The summed E-state index contributed by atoms with van der Waals surface area (Å²) >= 11 is 0. The number of nitrogens with two attached hydrogens (primary N) is 1. The van der Waals surface area contributed by atoms with E-state index in [4.69, 9.17) is 5.73 Å². The van der Waals surface area contributed by atoms with Crippen molar-refractivity contribution in [2.45, 2.75) is 5.53 Å². The SMILES string of the molecule is COC(N)([Si])OC. The van der Waals surface area contributed by atoms with Crippen LogP contribution in [0.15, 0.2) is 0 Å². The predicted molar refractivity (Wildman–Crippen MR) is 26.7 cm³/mol. The van der Waals surface area contributed by atoms with Crippen molar-refractivity contribution < 1.29 is 9.47 Å². The van der Waals surface area contributed by atoms with Crippen molar-refractivity contribution in [3.05, 3.63) is 0 Å². The smallest absolute Gasteiger partial charge is 0.194 e. The molecule has 0 atom stereocenters. The first-order valence-electron chi connectivity index (χ1n) is 1.76. The maximum absolute atomic E-state index is 5.18. The summed E-state index contributed by atoms with van der Waals surface area (Å²) in [5.41, 5.74) is 4.07. The monoisotopic (exact) mass is 118 g/mol. The molecule has 0 amide bonds. The van der Waals surface area contributed by atoms with Crippen molar-refractivity contribution in [1.29, 1.82) is 0 Å². The fourth-order valence-corrected chi connectivity index (χ4v) is 0.0833. The Morgan fingerprint density at radius 2 is 1.71 bits per heavy atom. The van der Waals surface area contributed by atoms with E-state index in [1.165, 1.54) is 14.2 Å². The molecule has 0 aromatic carbocycles. The predicted octanol–water partition coefficient (Wildman–Crippen LogP) is -0.982. The van der Waals surface area contributed by atoms with Gasteiger partial charge in [0, 0.05) is 14.2 Å². The maximum Gasteiger partial charge on any atom is 0.194 e. The number of rotatable bonds is 2. The van der Waals surface area contributed by atoms with Crippen LogP contribution in [0, 0.1) is 0 Å². The maximum atomic E-state index is 5.18. The Hall–Kier alpha value is 0.0969. The van der Waals surface area contributed by atoms with E-state index in [1.54, 1.807) is 0 Å². The van der Waals surface area contributed by atoms with Crippen LogP contribution >= 0.6 is 0 Å². The molecule has 4 heteroatoms. The Kier molecular flexibility index (Phi) is 2.45. The summed E-state index contributed by atoms with van der Waals surface area (Å²) in [6.45, 7) is 0. The van der Waals surface area contributed by atoms with Crippen molar-refractivity contribution in [2.75, 3.05) is 14.2 Å². The Bertz CT molecular complexity index is 50.9. The van der Waals surface area contributed by atoms with Gasteiger partial charge in [0.1, 0.15) is 10.2 Å². The molecule has 41 valence electrons. The second kappa shape index (κ2) is 2.42. The Morgan fingerprint density at radius 1 is 1.43 bits per heavy atom. The van der Waals surface area contributed by atoms with Crippen LogP contribution in [-0.2, 0) is 9.47 Å². The Balaban J connectivity index is 3.36. The van der Waals surface area contributed by atoms with Crippen LogP contribution in [0.4, 0.5) is 0 Å². The van der Waals surface area contributed by atoms with Crippen LogP contribution in [0.3, 0.4) is 0 Å². The summed E-state index contributed by atoms with van der Waals surface area (Å²) in [5.74, 6) is 0. The second-order valence-electron chi connectivity index (χ2n) is 1.08. The fourth-order valence-electron chi connectivity index (χ4n) is 0.0833. The molecule has 0 heterocycles. The standard InChI is InChI=1S/C3H8NO2Si/c1-5-3(4,7)6-2/h4H2,1-2H3. The average Bonchev–Trinajstić information content (AvgIpc) is 1.68. The van der Waals surface area contributed by atoms with Crippen LogP contribution in [-0.4, -0.2) is 30.0 Å². The summed E-state index contributed by atoms with van der Waals surface area (Å²) in [5, 5.41) is 0. The number of hydrogen-bond donors (Lipinski definition) is 1. The summed E-state index contributed by atoms with van der Waals surface area (Å²) in [6.07, 6.45) is 0. The lowest BCUT2D eigenvalue weighted by Crippen LogP contribution is -2.44. The molecule has 0 saturated carbocycles. The lowest BCUT2D eigenvalue weighted by molar-refractivity contribution is -0.136. The van der Waals surface area contributed by atoms with Crippen molar-refractivity contribution in [1.82, 2.24) is 0 Å². The lowest BCUT2D eigenvalue weighted by atomic mass is 11.1. The minimum absolute atomic E-state index is 1.11. The highest BCUT2D eigenvalue weighted by Gasteiger charge is 2.12. The van der Waals surface area contributed by atoms with E-state index >= 15 is 0 Å². The molecule has 0 fully saturated rings. The zero-order valence-electron chi connectivity index (χ0n) is 4.39. The van der Waals surface area contributed by atoms with Gasteiger partial charge in [-0.25, -0.2) is 0 Å². The first-order chi connectivity index (χ1) is 3.12. The summed E-state index contributed by atoms with van der Waals surface area (Å²) < 4.78 is 9.11. The molecular formula is C3H8NO2Si. The first kappa shape index (κ1) is 7.10. The van der Waals surface area contributed by atoms with Gasteiger partial charge in [-0.2, -0.15) is 0 Å². The number of ether oxygens (including phenoxy) is 2. The van der Waals surface area contributed by atoms with Gasteiger partial charge in [-0.1, -0.05) is 0 Å². The van der Waals surface area contributed by atoms with E-state index in [0.29, 0.717) is 0 Å². The van der Waals surface area contributed by atoms with E-state index in [9.17, 15) is 0 Å². The van der Waals surface area contributed by atoms with Gasteiger partial charge in [0.05, 0.1) is 0 Å². The molecule has 2 N–H and O–H groups in total. The van der Waals surface area contributed by atoms with Crippen LogP contribution in [0.1, 0.15) is 0 Å². The summed E-state index contributed by atoms with van der Waals surface area (Å²) in [4.78, 5) is 0. The van der Waals surface area contributed by atoms with Gasteiger partial charge in [0.15, 0.2) is 5.53 Å². The number of methoxy groups -OCH3 is 2. The van der Waals surface area contributed by atoms with Gasteiger partial charge >= 0.3 is 0 Å². The lowest BCUT2D eigenvalue weighted by Gasteiger charge is -2.19. The van der Waals surface area contributed by atoms with Gasteiger partial charge < -0.3 is 9.47 Å². The van der Waals surface area contributed by atoms with Crippen LogP contribution in [0.2, 0.25) is 0 Å². The molecule has 0 aromatic heterocycles. The highest BCUT2D eigenvalue weighted by Crippen LogP contribution is 1.91. The molecular weight excluding hydrogens is 110 g/mol. The van der Waals surface area contributed by atoms with Crippen LogP contribution < -0.4 is 5.73 Å². The molecule has 0 aliphatic rings. The Morgan fingerprint density at radius 3 is 1.71 bits per heavy atom. The molecule has 0 spiro atoms. The van der Waals surface area contributed by atoms with Crippen LogP contribution in [0.5, 0.6) is 0 Å². The van der Waals surface area contributed by atoms with E-state index < -0.39 is 5.53 Å². The van der Waals surface area contributed by atoms with Gasteiger partial charge in [-0.15, -0.1) is 0 Å². The minimum Gasteiger partial charge on any atom is -0.345 e. The minimum atomic E-state index is -1.11. The molecule has 0 bridgehead atoms. The van der Waals surface area contributed by atoms with Gasteiger partial charge in [0.25, 0.3) is 0 Å². The second-order valence-corrected chi connectivity index (χ2v) is 1.77. The molecule has 0 aromatic rings. The third-order valence-electron chi connectivity index (χ3n) is 0.606. The fraction of sp³-hybridized carbons (Fsp3) is 1.00. The molecule has 0 aliphatic heterocycles. The van der Waals surface area contributed by atoms with E-state index in [0.717, 1.165) is 0 Å². The van der Waals surface area contributed by atoms with Crippen molar-refractivity contribution in [3.8, 4) is 0 Å². The molecule has 7 heavy (non-hydrogen) atoms. The van der Waals surface area contributed by atoms with Gasteiger partial charge in [0.2, 0.25) is 0 Å². The third kappa shape index (κ3) is 2.75. The topological polar surface area (TPSA) is 44.5 Å². The highest BCUT2D eigenvalue weighted by atomic mass is 28.1. The zero-order valence-corrected chi connectivity index (χ0v) is 5.39. The largest absolute Gasteiger partial charge is 0.345 e. The highest BCUT2D eigenvalue weighted by molar-refractivity contribution is 6.12. The first-order valence-corrected chi connectivity index (χ1v) is 2.26. The van der Waals surface area contributed by atoms with Crippen molar-refractivity contribution >= 4 is 10.2 Å². The zero-order chi connectivity index (χ0) is 5.91. The quantitative estimate of drug-likeness (QED) is 0.374. The molecule has 0 unspecified atom stereocenters. The average molecular weight is 118 g/mol. The van der Waals surface area contributed by atoms with Crippen molar-refractivity contribution in [2.24, 2.45) is 5.73 Å². The summed E-state index contributed by atoms with van der Waals surface area (Å²) in [7, 11) is 5.84. The molecule has 0 aliphatic carbocycles. The third-order valence-corrected chi connectivity index (χ3v) is 1.01. The molecule has 3 radical (unpaired) electrons.